The second-order valence-electron chi connectivity index (χ2n) is 3.90. The number of thiophene rings is 1. The fourth-order valence-electron chi connectivity index (χ4n) is 1.57. The van der Waals surface area contributed by atoms with Gasteiger partial charge in [-0.25, -0.2) is 4.39 Å². The summed E-state index contributed by atoms with van der Waals surface area (Å²) in [6, 6.07) is 8.77. The lowest BCUT2D eigenvalue weighted by atomic mass is 10.2. The van der Waals surface area contributed by atoms with E-state index in [4.69, 9.17) is 5.11 Å². The van der Waals surface area contributed by atoms with Crippen molar-refractivity contribution in [3.8, 4) is 5.75 Å². The van der Waals surface area contributed by atoms with Crippen molar-refractivity contribution in [1.82, 2.24) is 5.32 Å². The number of nitrogens with one attached hydrogen (secondary N) is 1. The number of rotatable bonds is 4. The van der Waals surface area contributed by atoms with Crippen molar-refractivity contribution in [2.24, 2.45) is 0 Å². The largest absolute Gasteiger partial charge is 0.505 e. The van der Waals surface area contributed by atoms with E-state index >= 15 is 0 Å². The molecule has 0 aliphatic heterocycles. The van der Waals surface area contributed by atoms with E-state index < -0.39 is 5.82 Å². The van der Waals surface area contributed by atoms with Gasteiger partial charge in [0, 0.05) is 17.5 Å². The van der Waals surface area contributed by atoms with Crippen LogP contribution in [-0.2, 0) is 6.54 Å². The third-order valence-corrected chi connectivity index (χ3v) is 3.65. The third kappa shape index (κ3) is 3.05. The minimum Gasteiger partial charge on any atom is -0.505 e. The number of hydrogen-bond acceptors (Lipinski definition) is 3. The number of phenolic OH excluding ortho intramolecular Hbond substituents is 1. The van der Waals surface area contributed by atoms with Gasteiger partial charge in [0.05, 0.1) is 0 Å². The van der Waals surface area contributed by atoms with Crippen LogP contribution in [0, 0.1) is 5.82 Å². The molecule has 90 valence electrons. The fourth-order valence-corrected chi connectivity index (χ4v) is 2.33. The Morgan fingerprint density at radius 3 is 2.88 bits per heavy atom. The summed E-state index contributed by atoms with van der Waals surface area (Å²) in [4.78, 5) is 1.25. The summed E-state index contributed by atoms with van der Waals surface area (Å²) in [5, 5.41) is 14.4. The zero-order valence-corrected chi connectivity index (χ0v) is 10.3. The van der Waals surface area contributed by atoms with Crippen LogP contribution in [0.5, 0.6) is 5.75 Å². The van der Waals surface area contributed by atoms with Gasteiger partial charge in [0.1, 0.15) is 0 Å². The Morgan fingerprint density at radius 2 is 2.24 bits per heavy atom. The van der Waals surface area contributed by atoms with E-state index in [9.17, 15) is 4.39 Å². The number of aromatic hydroxyl groups is 1. The molecule has 0 aliphatic rings. The van der Waals surface area contributed by atoms with Crippen LogP contribution in [0.3, 0.4) is 0 Å². The standard InChI is InChI=1S/C13H14FNOS/c1-9(13-3-2-6-17-13)15-8-10-4-5-12(16)11(14)7-10/h2-7,9,15-16H,8H2,1H3/t9-/m1/s1. The first-order valence-electron chi connectivity index (χ1n) is 5.41. The van der Waals surface area contributed by atoms with Crippen LogP contribution in [0.25, 0.3) is 0 Å². The Morgan fingerprint density at radius 1 is 1.41 bits per heavy atom. The lowest BCUT2D eigenvalue weighted by molar-refractivity contribution is 0.431. The van der Waals surface area contributed by atoms with Gasteiger partial charge in [-0.05, 0) is 36.1 Å². The average Bonchev–Trinajstić information content (AvgIpc) is 2.84. The highest BCUT2D eigenvalue weighted by molar-refractivity contribution is 7.10. The van der Waals surface area contributed by atoms with Crippen LogP contribution in [-0.4, -0.2) is 5.11 Å². The molecule has 17 heavy (non-hydrogen) atoms. The first-order chi connectivity index (χ1) is 8.16. The smallest absolute Gasteiger partial charge is 0.165 e. The summed E-state index contributed by atoms with van der Waals surface area (Å²) in [7, 11) is 0. The molecule has 0 spiro atoms. The molecule has 2 N–H and O–H groups in total. The van der Waals surface area contributed by atoms with E-state index in [1.54, 1.807) is 17.4 Å². The zero-order valence-electron chi connectivity index (χ0n) is 9.48. The van der Waals surface area contributed by atoms with Gasteiger partial charge in [0.2, 0.25) is 0 Å². The highest BCUT2D eigenvalue weighted by atomic mass is 32.1. The van der Waals surface area contributed by atoms with Gasteiger partial charge in [-0.1, -0.05) is 12.1 Å². The normalized spacial score (nSPS) is 12.6. The summed E-state index contributed by atoms with van der Waals surface area (Å²) >= 11 is 1.70. The number of halogens is 1. The molecule has 4 heteroatoms. The third-order valence-electron chi connectivity index (χ3n) is 2.59. The first kappa shape index (κ1) is 12.1. The van der Waals surface area contributed by atoms with Crippen molar-refractivity contribution in [2.45, 2.75) is 19.5 Å². The van der Waals surface area contributed by atoms with Crippen LogP contribution < -0.4 is 5.32 Å². The van der Waals surface area contributed by atoms with Crippen molar-refractivity contribution in [2.75, 3.05) is 0 Å². The summed E-state index contributed by atoms with van der Waals surface area (Å²) in [5.74, 6) is -0.881. The Labute approximate surface area is 104 Å². The van der Waals surface area contributed by atoms with Crippen LogP contribution >= 0.6 is 11.3 Å². The molecule has 2 nitrogen and oxygen atoms in total. The van der Waals surface area contributed by atoms with Gasteiger partial charge in [0.15, 0.2) is 11.6 Å². The highest BCUT2D eigenvalue weighted by Crippen LogP contribution is 2.20. The second kappa shape index (κ2) is 5.29. The Bertz CT molecular complexity index is 484. The number of hydrogen-bond donors (Lipinski definition) is 2. The van der Waals surface area contributed by atoms with Crippen LogP contribution in [0.15, 0.2) is 35.7 Å². The first-order valence-corrected chi connectivity index (χ1v) is 6.29. The second-order valence-corrected chi connectivity index (χ2v) is 4.88. The van der Waals surface area contributed by atoms with E-state index in [0.29, 0.717) is 6.54 Å². The molecule has 1 aromatic heterocycles. The minimum atomic E-state index is -0.576. The summed E-state index contributed by atoms with van der Waals surface area (Å²) in [6.45, 7) is 2.65. The zero-order chi connectivity index (χ0) is 12.3. The van der Waals surface area contributed by atoms with Crippen LogP contribution in [0.2, 0.25) is 0 Å². The molecular weight excluding hydrogens is 237 g/mol. The van der Waals surface area contributed by atoms with Gasteiger partial charge in [0.25, 0.3) is 0 Å². The summed E-state index contributed by atoms with van der Waals surface area (Å²) in [5.41, 5.74) is 0.823. The maximum Gasteiger partial charge on any atom is 0.165 e. The van der Waals surface area contributed by atoms with Gasteiger partial charge in [-0.15, -0.1) is 11.3 Å². The topological polar surface area (TPSA) is 32.3 Å². The summed E-state index contributed by atoms with van der Waals surface area (Å²) in [6.07, 6.45) is 0. The molecule has 0 saturated heterocycles. The predicted molar refractivity (Wildman–Crippen MR) is 67.6 cm³/mol. The van der Waals surface area contributed by atoms with Crippen molar-refractivity contribution >= 4 is 11.3 Å². The molecule has 0 bridgehead atoms. The Balaban J connectivity index is 1.96. The van der Waals surface area contributed by atoms with E-state index in [2.05, 4.69) is 18.3 Å². The molecule has 1 atom stereocenters. The molecule has 2 aromatic rings. The number of phenols is 1. The van der Waals surface area contributed by atoms with Gasteiger partial charge in [-0.3, -0.25) is 0 Å². The van der Waals surface area contributed by atoms with Crippen molar-refractivity contribution in [3.05, 3.63) is 52.0 Å². The minimum absolute atomic E-state index is 0.242. The lowest BCUT2D eigenvalue weighted by Gasteiger charge is -2.12. The summed E-state index contributed by atoms with van der Waals surface area (Å²) < 4.78 is 13.1. The highest BCUT2D eigenvalue weighted by Gasteiger charge is 2.06. The van der Waals surface area contributed by atoms with Gasteiger partial charge >= 0.3 is 0 Å². The lowest BCUT2D eigenvalue weighted by Crippen LogP contribution is -2.17. The predicted octanol–water partition coefficient (Wildman–Crippen LogP) is 3.44. The molecule has 0 aliphatic carbocycles. The Hall–Kier alpha value is -1.39. The molecule has 1 heterocycles. The SMILES string of the molecule is C[C@@H](NCc1ccc(O)c(F)c1)c1cccs1. The van der Waals surface area contributed by atoms with Crippen molar-refractivity contribution in [3.63, 3.8) is 0 Å². The molecule has 0 fully saturated rings. The van der Waals surface area contributed by atoms with E-state index in [1.165, 1.54) is 17.0 Å². The maximum absolute atomic E-state index is 13.1. The van der Waals surface area contributed by atoms with Crippen molar-refractivity contribution in [1.29, 1.82) is 0 Å². The van der Waals surface area contributed by atoms with E-state index in [1.807, 2.05) is 11.4 Å². The molecule has 0 unspecified atom stereocenters. The average molecular weight is 251 g/mol. The van der Waals surface area contributed by atoms with Crippen molar-refractivity contribution < 1.29 is 9.50 Å². The van der Waals surface area contributed by atoms with Crippen LogP contribution in [0.1, 0.15) is 23.4 Å². The van der Waals surface area contributed by atoms with Crippen LogP contribution in [0.4, 0.5) is 4.39 Å². The molecule has 0 radical (unpaired) electrons. The molecule has 0 amide bonds. The maximum atomic E-state index is 13.1. The monoisotopic (exact) mass is 251 g/mol. The Kier molecular flexibility index (Phi) is 3.76. The number of benzene rings is 1. The fraction of sp³-hybridized carbons (Fsp3) is 0.231. The molecular formula is C13H14FNOS. The molecule has 2 rings (SSSR count). The quantitative estimate of drug-likeness (QED) is 0.872. The molecule has 1 aromatic carbocycles. The van der Waals surface area contributed by atoms with E-state index in [-0.39, 0.29) is 11.8 Å². The molecule has 0 saturated carbocycles. The van der Waals surface area contributed by atoms with Gasteiger partial charge < -0.3 is 10.4 Å². The van der Waals surface area contributed by atoms with E-state index in [0.717, 1.165) is 5.56 Å². The van der Waals surface area contributed by atoms with Gasteiger partial charge in [-0.2, -0.15) is 0 Å².